The minimum absolute atomic E-state index is 0.0783. The van der Waals surface area contributed by atoms with Gasteiger partial charge in [-0.25, -0.2) is 4.79 Å². The molecule has 0 amide bonds. The average Bonchev–Trinajstić information content (AvgIpc) is 3.07. The molecule has 0 radical (unpaired) electrons. The van der Waals surface area contributed by atoms with Crippen molar-refractivity contribution in [1.82, 2.24) is 9.55 Å². The third kappa shape index (κ3) is 3.68. The van der Waals surface area contributed by atoms with Gasteiger partial charge in [0.2, 0.25) is 5.88 Å². The standard InChI is InChI=1S/C26H32N2O4/c1-25(2)11-12-26(3,4)19-13-16(7-9-18(19)25)22-20(31-5)10-8-17(23(22)32-6)14-28-15-21(29)27-24(28)30/h7-10,13,15,29H,11-12,14H2,1-6H3,(H,27,30). The van der Waals surface area contributed by atoms with E-state index in [4.69, 9.17) is 9.47 Å². The van der Waals surface area contributed by atoms with Crippen LogP contribution in [0.4, 0.5) is 0 Å². The van der Waals surface area contributed by atoms with E-state index in [9.17, 15) is 9.90 Å². The molecule has 0 saturated heterocycles. The highest BCUT2D eigenvalue weighted by molar-refractivity contribution is 5.79. The monoisotopic (exact) mass is 436 g/mol. The van der Waals surface area contributed by atoms with Crippen LogP contribution in [0.3, 0.4) is 0 Å². The predicted octanol–water partition coefficient (Wildman–Crippen LogP) is 4.96. The highest BCUT2D eigenvalue weighted by Gasteiger charge is 2.37. The summed E-state index contributed by atoms with van der Waals surface area (Å²) in [6.07, 6.45) is 3.67. The number of benzene rings is 2. The summed E-state index contributed by atoms with van der Waals surface area (Å²) in [4.78, 5) is 14.5. The van der Waals surface area contributed by atoms with Gasteiger partial charge in [0.1, 0.15) is 11.5 Å². The van der Waals surface area contributed by atoms with E-state index < -0.39 is 0 Å². The van der Waals surface area contributed by atoms with E-state index in [0.717, 1.165) is 29.5 Å². The van der Waals surface area contributed by atoms with Crippen LogP contribution in [0.15, 0.2) is 41.3 Å². The van der Waals surface area contributed by atoms with E-state index in [2.05, 4.69) is 50.9 Å². The van der Waals surface area contributed by atoms with Gasteiger partial charge in [-0.15, -0.1) is 0 Å². The molecule has 1 heterocycles. The predicted molar refractivity (Wildman–Crippen MR) is 126 cm³/mol. The number of rotatable bonds is 5. The molecule has 170 valence electrons. The fourth-order valence-corrected chi connectivity index (χ4v) is 4.87. The lowest BCUT2D eigenvalue weighted by atomic mass is 9.63. The second-order valence-electron chi connectivity index (χ2n) is 9.94. The summed E-state index contributed by atoms with van der Waals surface area (Å²) in [5.41, 5.74) is 5.29. The molecule has 2 aromatic carbocycles. The van der Waals surface area contributed by atoms with E-state index >= 15 is 0 Å². The molecule has 4 rings (SSSR count). The van der Waals surface area contributed by atoms with Crippen molar-refractivity contribution < 1.29 is 14.6 Å². The summed E-state index contributed by atoms with van der Waals surface area (Å²) in [5, 5.41) is 9.63. The van der Waals surface area contributed by atoms with Crippen LogP contribution in [-0.2, 0) is 17.4 Å². The second kappa shape index (κ2) is 7.76. The first-order chi connectivity index (χ1) is 15.1. The lowest BCUT2D eigenvalue weighted by molar-refractivity contribution is 0.332. The number of H-pyrrole nitrogens is 1. The van der Waals surface area contributed by atoms with Crippen LogP contribution in [0.1, 0.15) is 57.2 Å². The summed E-state index contributed by atoms with van der Waals surface area (Å²) in [6.45, 7) is 9.50. The van der Waals surface area contributed by atoms with Crippen molar-refractivity contribution in [2.24, 2.45) is 0 Å². The Kier molecular flexibility index (Phi) is 5.35. The largest absolute Gasteiger partial charge is 0.496 e. The number of fused-ring (bicyclic) bond motifs is 1. The maximum absolute atomic E-state index is 12.1. The van der Waals surface area contributed by atoms with E-state index in [-0.39, 0.29) is 28.9 Å². The summed E-state index contributed by atoms with van der Waals surface area (Å²) in [7, 11) is 3.28. The van der Waals surface area contributed by atoms with E-state index in [1.165, 1.54) is 21.9 Å². The van der Waals surface area contributed by atoms with E-state index in [1.807, 2.05) is 12.1 Å². The molecule has 0 aliphatic heterocycles. The maximum atomic E-state index is 12.1. The molecule has 0 fully saturated rings. The molecule has 1 aromatic heterocycles. The summed E-state index contributed by atoms with van der Waals surface area (Å²) >= 11 is 0. The number of hydrogen-bond acceptors (Lipinski definition) is 4. The van der Waals surface area contributed by atoms with Crippen LogP contribution in [-0.4, -0.2) is 28.9 Å². The van der Waals surface area contributed by atoms with Gasteiger partial charge < -0.3 is 14.6 Å². The minimum atomic E-state index is -0.375. The van der Waals surface area contributed by atoms with Crippen molar-refractivity contribution in [3.8, 4) is 28.5 Å². The molecule has 6 heteroatoms. The topological polar surface area (TPSA) is 76.5 Å². The summed E-state index contributed by atoms with van der Waals surface area (Å²) in [6, 6.07) is 10.4. The molecule has 32 heavy (non-hydrogen) atoms. The number of aromatic nitrogens is 2. The molecule has 0 spiro atoms. The summed E-state index contributed by atoms with van der Waals surface area (Å²) in [5.74, 6) is 1.20. The van der Waals surface area contributed by atoms with Crippen molar-refractivity contribution in [2.75, 3.05) is 14.2 Å². The van der Waals surface area contributed by atoms with Gasteiger partial charge in [0.25, 0.3) is 0 Å². The molecule has 3 aromatic rings. The van der Waals surface area contributed by atoms with E-state index in [1.54, 1.807) is 14.2 Å². The first kappa shape index (κ1) is 22.1. The number of aromatic hydroxyl groups is 1. The van der Waals surface area contributed by atoms with Gasteiger partial charge in [0.15, 0.2) is 0 Å². The maximum Gasteiger partial charge on any atom is 0.328 e. The Hall–Kier alpha value is -3.15. The number of methoxy groups -OCH3 is 2. The fourth-order valence-electron chi connectivity index (χ4n) is 4.87. The van der Waals surface area contributed by atoms with Crippen LogP contribution in [0.2, 0.25) is 0 Å². The SMILES string of the molecule is COc1ccc(Cn2cc(O)[nH]c2=O)c(OC)c1-c1ccc2c(c1)C(C)(C)CCC2(C)C. The zero-order valence-electron chi connectivity index (χ0n) is 19.7. The quantitative estimate of drug-likeness (QED) is 0.592. The third-order valence-corrected chi connectivity index (χ3v) is 6.88. The van der Waals surface area contributed by atoms with Crippen molar-refractivity contribution in [3.63, 3.8) is 0 Å². The molecule has 0 atom stereocenters. The number of ether oxygens (including phenoxy) is 2. The third-order valence-electron chi connectivity index (χ3n) is 6.88. The van der Waals surface area contributed by atoms with Gasteiger partial charge >= 0.3 is 5.69 Å². The smallest absolute Gasteiger partial charge is 0.328 e. The molecule has 2 N–H and O–H groups in total. The van der Waals surface area contributed by atoms with Crippen molar-refractivity contribution in [2.45, 2.75) is 57.9 Å². The number of imidazole rings is 1. The van der Waals surface area contributed by atoms with Crippen molar-refractivity contribution in [1.29, 1.82) is 0 Å². The van der Waals surface area contributed by atoms with E-state index in [0.29, 0.717) is 11.5 Å². The van der Waals surface area contributed by atoms with Gasteiger partial charge in [-0.2, -0.15) is 0 Å². The Labute approximate surface area is 188 Å². The minimum Gasteiger partial charge on any atom is -0.496 e. The zero-order valence-corrected chi connectivity index (χ0v) is 19.7. The van der Waals surface area contributed by atoms with Crippen LogP contribution in [0.5, 0.6) is 17.4 Å². The second-order valence-corrected chi connectivity index (χ2v) is 9.94. The van der Waals surface area contributed by atoms with Crippen molar-refractivity contribution in [3.05, 3.63) is 63.7 Å². The number of nitrogens with zero attached hydrogens (tertiary/aromatic N) is 1. The Morgan fingerprint density at radius 1 is 1.00 bits per heavy atom. The molecular formula is C26H32N2O4. The first-order valence-corrected chi connectivity index (χ1v) is 10.9. The fraction of sp³-hybridized carbons (Fsp3) is 0.423. The first-order valence-electron chi connectivity index (χ1n) is 10.9. The van der Waals surface area contributed by atoms with Gasteiger partial charge in [-0.3, -0.25) is 9.55 Å². The Morgan fingerprint density at radius 2 is 1.69 bits per heavy atom. The lowest BCUT2D eigenvalue weighted by Crippen LogP contribution is -2.33. The lowest BCUT2D eigenvalue weighted by Gasteiger charge is -2.42. The Balaban J connectivity index is 1.90. The highest BCUT2D eigenvalue weighted by Crippen LogP contribution is 2.49. The molecule has 0 unspecified atom stereocenters. The van der Waals surface area contributed by atoms with Crippen LogP contribution in [0, 0.1) is 0 Å². The van der Waals surface area contributed by atoms with Crippen LogP contribution in [0.25, 0.3) is 11.1 Å². The van der Waals surface area contributed by atoms with Crippen LogP contribution < -0.4 is 15.2 Å². The zero-order chi connectivity index (χ0) is 23.3. The number of nitrogens with one attached hydrogen (secondary N) is 1. The van der Waals surface area contributed by atoms with Gasteiger partial charge in [-0.1, -0.05) is 45.9 Å². The Bertz CT molecular complexity index is 1220. The van der Waals surface area contributed by atoms with Crippen LogP contribution >= 0.6 is 0 Å². The Morgan fingerprint density at radius 3 is 2.28 bits per heavy atom. The highest BCUT2D eigenvalue weighted by atomic mass is 16.5. The number of aromatic amines is 1. The molecule has 1 aliphatic carbocycles. The van der Waals surface area contributed by atoms with Gasteiger partial charge in [0.05, 0.1) is 32.5 Å². The molecule has 6 nitrogen and oxygen atoms in total. The summed E-state index contributed by atoms with van der Waals surface area (Å²) < 4.78 is 13.0. The molecule has 1 aliphatic rings. The normalized spacial score (nSPS) is 16.4. The van der Waals surface area contributed by atoms with Gasteiger partial charge in [0, 0.05) is 5.56 Å². The molecule has 0 bridgehead atoms. The average molecular weight is 437 g/mol. The molecule has 0 saturated carbocycles. The number of hydrogen-bond donors (Lipinski definition) is 2. The van der Waals surface area contributed by atoms with Gasteiger partial charge in [-0.05, 0) is 52.5 Å². The molecular weight excluding hydrogens is 404 g/mol. The van der Waals surface area contributed by atoms with Crippen molar-refractivity contribution >= 4 is 0 Å².